The van der Waals surface area contributed by atoms with Crippen LogP contribution < -0.4 is 0 Å². The highest BCUT2D eigenvalue weighted by atomic mass is 35.5. The van der Waals surface area contributed by atoms with Crippen LogP contribution in [0.4, 0.5) is 0 Å². The first kappa shape index (κ1) is 9.00. The van der Waals surface area contributed by atoms with E-state index in [-0.39, 0.29) is 5.56 Å². The summed E-state index contributed by atoms with van der Waals surface area (Å²) >= 11 is 5.60. The van der Waals surface area contributed by atoms with Gasteiger partial charge in [0.1, 0.15) is 5.15 Å². The van der Waals surface area contributed by atoms with Crippen molar-refractivity contribution in [2.75, 3.05) is 0 Å². The molecule has 0 atom stereocenters. The molecule has 12 heavy (non-hydrogen) atoms. The van der Waals surface area contributed by atoms with E-state index in [9.17, 15) is 4.79 Å². The second-order valence-corrected chi connectivity index (χ2v) is 2.67. The Hall–Kier alpha value is -1.09. The Morgan fingerprint density at radius 3 is 2.83 bits per heavy atom. The van der Waals surface area contributed by atoms with Gasteiger partial charge in [0, 0.05) is 0 Å². The van der Waals surface area contributed by atoms with E-state index in [0.29, 0.717) is 17.3 Å². The van der Waals surface area contributed by atoms with Crippen LogP contribution in [0.3, 0.4) is 0 Å². The zero-order chi connectivity index (χ0) is 9.14. The number of pyridine rings is 1. The molecule has 1 aromatic heterocycles. The van der Waals surface area contributed by atoms with E-state index in [4.69, 9.17) is 16.7 Å². The standard InChI is InChI=1S/C8H8ClNO2/c1-2-6-5(8(11)12)3-4-7(9)10-6/h3-4H,2H2,1H3,(H,11,12). The molecular weight excluding hydrogens is 178 g/mol. The highest BCUT2D eigenvalue weighted by molar-refractivity contribution is 6.29. The Kier molecular flexibility index (Phi) is 2.65. The van der Waals surface area contributed by atoms with E-state index >= 15 is 0 Å². The Balaban J connectivity index is 3.20. The molecule has 1 heterocycles. The Morgan fingerprint density at radius 1 is 1.67 bits per heavy atom. The number of halogens is 1. The summed E-state index contributed by atoms with van der Waals surface area (Å²) in [5.74, 6) is -0.962. The van der Waals surface area contributed by atoms with Crippen LogP contribution in [0, 0.1) is 0 Å². The summed E-state index contributed by atoms with van der Waals surface area (Å²) in [6, 6.07) is 2.95. The summed E-state index contributed by atoms with van der Waals surface area (Å²) in [4.78, 5) is 14.5. The molecule has 64 valence electrons. The minimum atomic E-state index is -0.962. The van der Waals surface area contributed by atoms with Gasteiger partial charge in [0.15, 0.2) is 0 Å². The molecule has 0 amide bonds. The van der Waals surface area contributed by atoms with Crippen LogP contribution in [0.2, 0.25) is 5.15 Å². The molecule has 1 rings (SSSR count). The highest BCUT2D eigenvalue weighted by Gasteiger charge is 2.09. The highest BCUT2D eigenvalue weighted by Crippen LogP contribution is 2.11. The van der Waals surface area contributed by atoms with Crippen LogP contribution in [-0.2, 0) is 6.42 Å². The van der Waals surface area contributed by atoms with Crippen molar-refractivity contribution in [3.63, 3.8) is 0 Å². The van der Waals surface area contributed by atoms with Gasteiger partial charge in [-0.25, -0.2) is 9.78 Å². The lowest BCUT2D eigenvalue weighted by atomic mass is 10.1. The number of rotatable bonds is 2. The van der Waals surface area contributed by atoms with Crippen molar-refractivity contribution in [3.8, 4) is 0 Å². The average Bonchev–Trinajstić information content (AvgIpc) is 2.03. The van der Waals surface area contributed by atoms with Gasteiger partial charge in [-0.15, -0.1) is 0 Å². The van der Waals surface area contributed by atoms with Crippen LogP contribution in [0.25, 0.3) is 0 Å². The minimum Gasteiger partial charge on any atom is -0.478 e. The van der Waals surface area contributed by atoms with Gasteiger partial charge in [-0.1, -0.05) is 18.5 Å². The van der Waals surface area contributed by atoms with Crippen LogP contribution in [0.15, 0.2) is 12.1 Å². The topological polar surface area (TPSA) is 50.2 Å². The van der Waals surface area contributed by atoms with Gasteiger partial charge in [-0.05, 0) is 18.6 Å². The quantitative estimate of drug-likeness (QED) is 0.717. The molecular formula is C8H8ClNO2. The largest absolute Gasteiger partial charge is 0.478 e. The number of carboxylic acids is 1. The van der Waals surface area contributed by atoms with E-state index in [1.165, 1.54) is 12.1 Å². The molecule has 0 aromatic carbocycles. The normalized spacial score (nSPS) is 9.83. The summed E-state index contributed by atoms with van der Waals surface area (Å²) in [5, 5.41) is 9.03. The number of hydrogen-bond acceptors (Lipinski definition) is 2. The van der Waals surface area contributed by atoms with Crippen LogP contribution in [0.5, 0.6) is 0 Å². The third-order valence-corrected chi connectivity index (χ3v) is 1.72. The summed E-state index contributed by atoms with van der Waals surface area (Å²) < 4.78 is 0. The average molecular weight is 186 g/mol. The lowest BCUT2D eigenvalue weighted by Crippen LogP contribution is -2.03. The number of carboxylic acid groups (broad SMARTS) is 1. The van der Waals surface area contributed by atoms with E-state index in [1.807, 2.05) is 6.92 Å². The van der Waals surface area contributed by atoms with E-state index in [2.05, 4.69) is 4.98 Å². The third-order valence-electron chi connectivity index (χ3n) is 1.51. The Morgan fingerprint density at radius 2 is 2.33 bits per heavy atom. The third kappa shape index (κ3) is 1.74. The van der Waals surface area contributed by atoms with Crippen molar-refractivity contribution < 1.29 is 9.90 Å². The number of aryl methyl sites for hydroxylation is 1. The molecule has 0 saturated heterocycles. The van der Waals surface area contributed by atoms with Crippen LogP contribution >= 0.6 is 11.6 Å². The number of carbonyl (C=O) groups is 1. The molecule has 1 aromatic rings. The van der Waals surface area contributed by atoms with Crippen molar-refractivity contribution in [1.82, 2.24) is 4.98 Å². The first-order valence-corrected chi connectivity index (χ1v) is 3.91. The maximum absolute atomic E-state index is 10.6. The zero-order valence-electron chi connectivity index (χ0n) is 6.54. The molecule has 0 aliphatic carbocycles. The summed E-state index contributed by atoms with van der Waals surface area (Å²) in [6.07, 6.45) is 0.572. The SMILES string of the molecule is CCc1nc(Cl)ccc1C(=O)O. The fraction of sp³-hybridized carbons (Fsp3) is 0.250. The summed E-state index contributed by atoms with van der Waals surface area (Å²) in [6.45, 7) is 1.84. The fourth-order valence-electron chi connectivity index (χ4n) is 0.939. The zero-order valence-corrected chi connectivity index (χ0v) is 7.30. The molecule has 0 unspecified atom stereocenters. The Bertz CT molecular complexity index is 312. The van der Waals surface area contributed by atoms with Crippen molar-refractivity contribution in [2.24, 2.45) is 0 Å². The Labute approximate surface area is 75.0 Å². The van der Waals surface area contributed by atoms with Crippen molar-refractivity contribution in [3.05, 3.63) is 28.5 Å². The number of aromatic nitrogens is 1. The van der Waals surface area contributed by atoms with E-state index in [1.54, 1.807) is 0 Å². The van der Waals surface area contributed by atoms with Crippen molar-refractivity contribution >= 4 is 17.6 Å². The molecule has 0 fully saturated rings. The van der Waals surface area contributed by atoms with Gasteiger partial charge in [0.05, 0.1) is 11.3 Å². The van der Waals surface area contributed by atoms with Gasteiger partial charge >= 0.3 is 5.97 Å². The van der Waals surface area contributed by atoms with Gasteiger partial charge in [-0.3, -0.25) is 0 Å². The van der Waals surface area contributed by atoms with Crippen LogP contribution in [0.1, 0.15) is 23.0 Å². The van der Waals surface area contributed by atoms with E-state index in [0.717, 1.165) is 0 Å². The first-order chi connectivity index (χ1) is 5.65. The molecule has 0 radical (unpaired) electrons. The number of nitrogens with zero attached hydrogens (tertiary/aromatic N) is 1. The number of hydrogen-bond donors (Lipinski definition) is 1. The maximum Gasteiger partial charge on any atom is 0.337 e. The smallest absolute Gasteiger partial charge is 0.337 e. The van der Waals surface area contributed by atoms with E-state index < -0.39 is 5.97 Å². The molecule has 0 spiro atoms. The van der Waals surface area contributed by atoms with Gasteiger partial charge < -0.3 is 5.11 Å². The maximum atomic E-state index is 10.6. The molecule has 1 N–H and O–H groups in total. The van der Waals surface area contributed by atoms with Gasteiger partial charge in [0.2, 0.25) is 0 Å². The summed E-state index contributed by atoms with van der Waals surface area (Å²) in [5.41, 5.74) is 0.747. The molecule has 0 aliphatic rings. The minimum absolute atomic E-state index is 0.224. The predicted molar refractivity (Wildman–Crippen MR) is 45.6 cm³/mol. The molecule has 0 saturated carbocycles. The number of aromatic carboxylic acids is 1. The molecule has 4 heteroatoms. The molecule has 0 aliphatic heterocycles. The lowest BCUT2D eigenvalue weighted by Gasteiger charge is -2.01. The lowest BCUT2D eigenvalue weighted by molar-refractivity contribution is 0.0695. The predicted octanol–water partition coefficient (Wildman–Crippen LogP) is 2.00. The molecule has 3 nitrogen and oxygen atoms in total. The first-order valence-electron chi connectivity index (χ1n) is 3.54. The van der Waals surface area contributed by atoms with Gasteiger partial charge in [0.25, 0.3) is 0 Å². The second-order valence-electron chi connectivity index (χ2n) is 2.29. The van der Waals surface area contributed by atoms with Crippen molar-refractivity contribution in [1.29, 1.82) is 0 Å². The monoisotopic (exact) mass is 185 g/mol. The molecule has 0 bridgehead atoms. The van der Waals surface area contributed by atoms with Crippen molar-refractivity contribution in [2.45, 2.75) is 13.3 Å². The summed E-state index contributed by atoms with van der Waals surface area (Å²) in [7, 11) is 0. The van der Waals surface area contributed by atoms with Gasteiger partial charge in [-0.2, -0.15) is 0 Å². The second kappa shape index (κ2) is 3.54. The van der Waals surface area contributed by atoms with Crippen LogP contribution in [-0.4, -0.2) is 16.1 Å². The fourth-order valence-corrected chi connectivity index (χ4v) is 1.10.